The number of hydrogen-bond donors (Lipinski definition) is 1. The third-order valence-corrected chi connectivity index (χ3v) is 9.53. The maximum absolute atomic E-state index is 12.9. The number of nitrogens with zero attached hydrogens (tertiary/aromatic N) is 2. The zero-order valence-corrected chi connectivity index (χ0v) is 18.7. The molecule has 4 rings (SSSR count). The fourth-order valence-electron chi connectivity index (χ4n) is 4.58. The number of fused-ring (bicyclic) bond motifs is 1. The minimum atomic E-state index is -3.23. The number of hydrogen-bond acceptors (Lipinski definition) is 5. The van der Waals surface area contributed by atoms with Crippen molar-refractivity contribution in [3.63, 3.8) is 0 Å². The summed E-state index contributed by atoms with van der Waals surface area (Å²) in [6, 6.07) is 4.18. The van der Waals surface area contributed by atoms with Gasteiger partial charge < -0.3 is 5.32 Å². The number of rotatable bonds is 4. The molecule has 2 fully saturated rings. The van der Waals surface area contributed by atoms with Crippen LogP contribution in [0.2, 0.25) is 0 Å². The molecule has 8 heteroatoms. The molecule has 0 unspecified atom stereocenters. The van der Waals surface area contributed by atoms with Gasteiger partial charge in [-0.25, -0.2) is 17.7 Å². The highest BCUT2D eigenvalue weighted by Crippen LogP contribution is 2.32. The molecule has 1 aromatic heterocycles. The van der Waals surface area contributed by atoms with E-state index in [0.29, 0.717) is 31.1 Å². The van der Waals surface area contributed by atoms with E-state index in [-0.39, 0.29) is 17.1 Å². The van der Waals surface area contributed by atoms with Gasteiger partial charge in [0.2, 0.25) is 15.9 Å². The lowest BCUT2D eigenvalue weighted by Gasteiger charge is -2.34. The van der Waals surface area contributed by atoms with Crippen LogP contribution in [0.25, 0.3) is 10.2 Å². The van der Waals surface area contributed by atoms with Crippen LogP contribution in [0.4, 0.5) is 5.13 Å². The molecular weight excluding hydrogens is 406 g/mol. The van der Waals surface area contributed by atoms with Crippen molar-refractivity contribution < 1.29 is 13.2 Å². The second-order valence-corrected chi connectivity index (χ2v) is 11.7. The SMILES string of the molecule is Cc1cc(C)c2nc(NC(=O)C3CCN(S(=O)(=O)C4CCCCC4)CC3)sc2c1. The Kier molecular flexibility index (Phi) is 5.95. The van der Waals surface area contributed by atoms with E-state index in [1.54, 1.807) is 4.31 Å². The quantitative estimate of drug-likeness (QED) is 0.780. The minimum Gasteiger partial charge on any atom is -0.302 e. The van der Waals surface area contributed by atoms with Crippen LogP contribution < -0.4 is 5.32 Å². The number of aromatic nitrogens is 1. The maximum Gasteiger partial charge on any atom is 0.229 e. The smallest absolute Gasteiger partial charge is 0.229 e. The molecule has 6 nitrogen and oxygen atoms in total. The molecule has 158 valence electrons. The fourth-order valence-corrected chi connectivity index (χ4v) is 7.69. The molecule has 29 heavy (non-hydrogen) atoms. The van der Waals surface area contributed by atoms with Gasteiger partial charge in [0.05, 0.1) is 15.5 Å². The summed E-state index contributed by atoms with van der Waals surface area (Å²) in [5, 5.41) is 3.36. The predicted octanol–water partition coefficient (Wildman–Crippen LogP) is 4.23. The maximum atomic E-state index is 12.9. The van der Waals surface area contributed by atoms with E-state index in [4.69, 9.17) is 0 Å². The lowest BCUT2D eigenvalue weighted by atomic mass is 9.97. The summed E-state index contributed by atoms with van der Waals surface area (Å²) in [5.41, 5.74) is 3.23. The summed E-state index contributed by atoms with van der Waals surface area (Å²) in [6.07, 6.45) is 5.84. The highest BCUT2D eigenvalue weighted by atomic mass is 32.2. The Morgan fingerprint density at radius 3 is 2.48 bits per heavy atom. The van der Waals surface area contributed by atoms with Gasteiger partial charge in [-0.1, -0.05) is 36.7 Å². The first-order valence-electron chi connectivity index (χ1n) is 10.5. The molecule has 1 N–H and O–H groups in total. The number of carbonyl (C=O) groups is 1. The minimum absolute atomic E-state index is 0.0480. The van der Waals surface area contributed by atoms with E-state index in [0.717, 1.165) is 47.9 Å². The lowest BCUT2D eigenvalue weighted by molar-refractivity contribution is -0.120. The van der Waals surface area contributed by atoms with Crippen molar-refractivity contribution in [3.8, 4) is 0 Å². The average Bonchev–Trinajstić information content (AvgIpc) is 3.11. The van der Waals surface area contributed by atoms with Crippen molar-refractivity contribution in [3.05, 3.63) is 23.3 Å². The Labute approximate surface area is 176 Å². The molecule has 0 bridgehead atoms. The first-order valence-corrected chi connectivity index (χ1v) is 12.8. The number of anilines is 1. The van der Waals surface area contributed by atoms with Gasteiger partial charge in [0.15, 0.2) is 5.13 Å². The fraction of sp³-hybridized carbons (Fsp3) is 0.619. The second-order valence-electron chi connectivity index (χ2n) is 8.42. The summed E-state index contributed by atoms with van der Waals surface area (Å²) >= 11 is 1.49. The number of sulfonamides is 1. The largest absolute Gasteiger partial charge is 0.302 e. The van der Waals surface area contributed by atoms with Crippen LogP contribution in [0.3, 0.4) is 0 Å². The van der Waals surface area contributed by atoms with Gasteiger partial charge in [0.25, 0.3) is 0 Å². The Morgan fingerprint density at radius 2 is 1.79 bits per heavy atom. The number of aryl methyl sites for hydroxylation is 2. The van der Waals surface area contributed by atoms with Crippen LogP contribution in [0.1, 0.15) is 56.1 Å². The van der Waals surface area contributed by atoms with Crippen molar-refractivity contribution in [1.82, 2.24) is 9.29 Å². The number of amides is 1. The summed E-state index contributed by atoms with van der Waals surface area (Å²) in [7, 11) is -3.23. The first-order chi connectivity index (χ1) is 13.8. The van der Waals surface area contributed by atoms with Gasteiger partial charge >= 0.3 is 0 Å². The van der Waals surface area contributed by atoms with E-state index >= 15 is 0 Å². The predicted molar refractivity (Wildman–Crippen MR) is 118 cm³/mol. The zero-order chi connectivity index (χ0) is 20.6. The van der Waals surface area contributed by atoms with Crippen LogP contribution in [0.15, 0.2) is 12.1 Å². The number of thiazole rings is 1. The Balaban J connectivity index is 1.37. The Hall–Kier alpha value is -1.51. The van der Waals surface area contributed by atoms with Gasteiger partial charge in [-0.05, 0) is 56.7 Å². The Morgan fingerprint density at radius 1 is 1.10 bits per heavy atom. The average molecular weight is 436 g/mol. The van der Waals surface area contributed by atoms with Crippen LogP contribution in [0, 0.1) is 19.8 Å². The van der Waals surface area contributed by atoms with E-state index in [1.807, 2.05) is 6.92 Å². The van der Waals surface area contributed by atoms with Crippen LogP contribution in [-0.4, -0.2) is 42.0 Å². The number of nitrogens with one attached hydrogen (secondary N) is 1. The van der Waals surface area contributed by atoms with Crippen molar-refractivity contribution in [2.45, 2.75) is 64.0 Å². The summed E-state index contributed by atoms with van der Waals surface area (Å²) in [6.45, 7) is 4.97. The lowest BCUT2D eigenvalue weighted by Crippen LogP contribution is -2.45. The molecule has 1 amide bonds. The first kappa shape index (κ1) is 20.8. The summed E-state index contributed by atoms with van der Waals surface area (Å²) in [4.78, 5) is 17.3. The number of benzene rings is 1. The molecule has 2 aromatic rings. The molecule has 0 atom stereocenters. The molecule has 0 spiro atoms. The standard InChI is InChI=1S/C21H29N3O3S2/c1-14-12-15(2)19-18(13-14)28-21(22-19)23-20(25)16-8-10-24(11-9-16)29(26,27)17-6-4-3-5-7-17/h12-13,16-17H,3-11H2,1-2H3,(H,22,23,25). The third kappa shape index (κ3) is 4.34. The topological polar surface area (TPSA) is 79.4 Å². The highest BCUT2D eigenvalue weighted by molar-refractivity contribution is 7.89. The van der Waals surface area contributed by atoms with E-state index in [2.05, 4.69) is 29.4 Å². The number of piperidine rings is 1. The van der Waals surface area contributed by atoms with Gasteiger partial charge in [-0.2, -0.15) is 0 Å². The van der Waals surface area contributed by atoms with Crippen LogP contribution >= 0.6 is 11.3 Å². The second kappa shape index (κ2) is 8.32. The molecule has 1 saturated heterocycles. The molecule has 2 aliphatic rings. The van der Waals surface area contributed by atoms with Crippen molar-refractivity contribution in [1.29, 1.82) is 0 Å². The van der Waals surface area contributed by atoms with E-state index in [1.165, 1.54) is 16.9 Å². The molecule has 1 aliphatic carbocycles. The van der Waals surface area contributed by atoms with Gasteiger partial charge in [-0.15, -0.1) is 0 Å². The van der Waals surface area contributed by atoms with Gasteiger partial charge in [-0.3, -0.25) is 4.79 Å². The monoisotopic (exact) mass is 435 g/mol. The Bertz CT molecular complexity index is 1000. The molecule has 1 aromatic carbocycles. The highest BCUT2D eigenvalue weighted by Gasteiger charge is 2.36. The van der Waals surface area contributed by atoms with Crippen molar-refractivity contribution in [2.75, 3.05) is 18.4 Å². The molecule has 0 radical (unpaired) electrons. The molecule has 1 aliphatic heterocycles. The van der Waals surface area contributed by atoms with E-state index in [9.17, 15) is 13.2 Å². The van der Waals surface area contributed by atoms with Gasteiger partial charge in [0.1, 0.15) is 0 Å². The molecular formula is C21H29N3O3S2. The summed E-state index contributed by atoms with van der Waals surface area (Å²) in [5.74, 6) is -0.212. The van der Waals surface area contributed by atoms with Gasteiger partial charge in [0, 0.05) is 19.0 Å². The normalized spacial score (nSPS) is 20.2. The molecule has 2 heterocycles. The van der Waals surface area contributed by atoms with Crippen LogP contribution in [0.5, 0.6) is 0 Å². The zero-order valence-electron chi connectivity index (χ0n) is 17.1. The molecule has 1 saturated carbocycles. The van der Waals surface area contributed by atoms with E-state index < -0.39 is 10.0 Å². The summed E-state index contributed by atoms with van der Waals surface area (Å²) < 4.78 is 28.5. The van der Waals surface area contributed by atoms with Crippen molar-refractivity contribution >= 4 is 42.6 Å². The third-order valence-electron chi connectivity index (χ3n) is 6.22. The van der Waals surface area contributed by atoms with Crippen LogP contribution in [-0.2, 0) is 14.8 Å². The number of carbonyl (C=O) groups excluding carboxylic acids is 1. The van der Waals surface area contributed by atoms with Crippen molar-refractivity contribution in [2.24, 2.45) is 5.92 Å².